The van der Waals surface area contributed by atoms with Crippen LogP contribution in [0.3, 0.4) is 0 Å². The Morgan fingerprint density at radius 3 is 1.69 bits per heavy atom. The molecule has 9 nitrogen and oxygen atoms in total. The average molecular weight is 626 g/mol. The molecule has 0 amide bonds. The van der Waals surface area contributed by atoms with Crippen LogP contribution in [0.4, 0.5) is 0 Å². The largest absolute Gasteiger partial charge is 0.493 e. The second kappa shape index (κ2) is 13.9. The molecule has 0 radical (unpaired) electrons. The van der Waals surface area contributed by atoms with Gasteiger partial charge >= 0.3 is 11.9 Å². The summed E-state index contributed by atoms with van der Waals surface area (Å²) in [6.07, 6.45) is 1.76. The molecule has 2 atom stereocenters. The first-order chi connectivity index (χ1) is 20.9. The highest BCUT2D eigenvalue weighted by atomic mass is 16.6. The van der Waals surface area contributed by atoms with Gasteiger partial charge in [0.1, 0.15) is 11.2 Å². The van der Waals surface area contributed by atoms with E-state index in [-0.39, 0.29) is 12.8 Å². The molecule has 2 aromatic rings. The predicted molar refractivity (Wildman–Crippen MR) is 175 cm³/mol. The number of benzene rings is 2. The molecule has 3 rings (SSSR count). The maximum absolute atomic E-state index is 13.4. The van der Waals surface area contributed by atoms with Gasteiger partial charge in [-0.1, -0.05) is 12.1 Å². The Kier molecular flexibility index (Phi) is 11.1. The standard InChI is InChI=1S/C36H51NO8/c1-33(2,3)44-31(38)35(7,42-11)21-25-19-24-15-16-37-28(17-23-13-14-29(40-9)30(18-23)41-10)27(24)20-26(25)22-36(8,43-12)32(39)45-34(4,5)6/h13-14,18-20H,15-17,21-22H2,1-12H3. The van der Waals surface area contributed by atoms with Crippen LogP contribution in [0.25, 0.3) is 0 Å². The normalized spacial score (nSPS) is 16.0. The molecule has 0 saturated heterocycles. The molecule has 0 spiro atoms. The van der Waals surface area contributed by atoms with E-state index in [0.717, 1.165) is 39.9 Å². The minimum Gasteiger partial charge on any atom is -0.493 e. The molecule has 248 valence electrons. The van der Waals surface area contributed by atoms with Crippen LogP contribution in [0, 0.1) is 0 Å². The Morgan fingerprint density at radius 2 is 1.22 bits per heavy atom. The SMILES string of the molecule is COc1ccc(CC2=NCCc3cc(CC(C)(OC)C(=O)OC(C)(C)C)c(CC(C)(OC)C(=O)OC(C)(C)C)cc32)cc1OC. The summed E-state index contributed by atoms with van der Waals surface area (Å²) in [6, 6.07) is 10.0. The van der Waals surface area contributed by atoms with E-state index in [9.17, 15) is 9.59 Å². The fourth-order valence-corrected chi connectivity index (χ4v) is 5.23. The fraction of sp³-hybridized carbons (Fsp3) is 0.583. The number of hydrogen-bond acceptors (Lipinski definition) is 9. The minimum atomic E-state index is -1.29. The Labute approximate surface area is 268 Å². The van der Waals surface area contributed by atoms with Crippen LogP contribution in [-0.2, 0) is 54.2 Å². The predicted octanol–water partition coefficient (Wildman–Crippen LogP) is 5.87. The second-order valence-electron chi connectivity index (χ2n) is 13.9. The van der Waals surface area contributed by atoms with E-state index in [1.165, 1.54) is 14.2 Å². The highest BCUT2D eigenvalue weighted by molar-refractivity contribution is 6.04. The van der Waals surface area contributed by atoms with Crippen molar-refractivity contribution in [3.05, 3.63) is 58.1 Å². The first-order valence-electron chi connectivity index (χ1n) is 15.3. The van der Waals surface area contributed by atoms with Gasteiger partial charge in [0.2, 0.25) is 0 Å². The van der Waals surface area contributed by atoms with E-state index >= 15 is 0 Å². The highest BCUT2D eigenvalue weighted by Gasteiger charge is 2.41. The first-order valence-corrected chi connectivity index (χ1v) is 15.3. The Balaban J connectivity index is 2.13. The van der Waals surface area contributed by atoms with Crippen molar-refractivity contribution in [2.24, 2.45) is 4.99 Å². The van der Waals surface area contributed by atoms with Crippen molar-refractivity contribution in [2.45, 2.75) is 103 Å². The van der Waals surface area contributed by atoms with Crippen molar-refractivity contribution in [3.63, 3.8) is 0 Å². The summed E-state index contributed by atoms with van der Waals surface area (Å²) >= 11 is 0. The van der Waals surface area contributed by atoms with Gasteiger partial charge in [-0.3, -0.25) is 4.99 Å². The van der Waals surface area contributed by atoms with E-state index in [2.05, 4.69) is 12.1 Å². The summed E-state index contributed by atoms with van der Waals surface area (Å²) in [5.74, 6) is 0.378. The highest BCUT2D eigenvalue weighted by Crippen LogP contribution is 2.33. The summed E-state index contributed by atoms with van der Waals surface area (Å²) in [4.78, 5) is 31.8. The fourth-order valence-electron chi connectivity index (χ4n) is 5.23. The number of rotatable bonds is 12. The topological polar surface area (TPSA) is 102 Å². The van der Waals surface area contributed by atoms with Crippen molar-refractivity contribution >= 4 is 17.7 Å². The van der Waals surface area contributed by atoms with Gasteiger partial charge in [-0.2, -0.15) is 0 Å². The second-order valence-corrected chi connectivity index (χ2v) is 13.9. The molecule has 45 heavy (non-hydrogen) atoms. The van der Waals surface area contributed by atoms with Crippen molar-refractivity contribution in [3.8, 4) is 11.5 Å². The van der Waals surface area contributed by atoms with Crippen molar-refractivity contribution in [1.82, 2.24) is 0 Å². The van der Waals surface area contributed by atoms with Gasteiger partial charge in [0.05, 0.1) is 14.2 Å². The Bertz CT molecular complexity index is 1420. The van der Waals surface area contributed by atoms with Crippen LogP contribution >= 0.6 is 0 Å². The van der Waals surface area contributed by atoms with Crippen molar-refractivity contribution < 1.29 is 38.0 Å². The number of nitrogens with zero attached hydrogens (tertiary/aromatic N) is 1. The van der Waals surface area contributed by atoms with Gasteiger partial charge in [0.25, 0.3) is 0 Å². The molecule has 0 saturated carbocycles. The molecular weight excluding hydrogens is 574 g/mol. The molecule has 0 aliphatic carbocycles. The lowest BCUT2D eigenvalue weighted by atomic mass is 9.82. The number of hydrogen-bond donors (Lipinski definition) is 0. The molecular formula is C36H51NO8. The number of esters is 2. The quantitative estimate of drug-likeness (QED) is 0.270. The summed E-state index contributed by atoms with van der Waals surface area (Å²) in [6.45, 7) is 15.1. The summed E-state index contributed by atoms with van der Waals surface area (Å²) < 4.78 is 34.1. The zero-order valence-corrected chi connectivity index (χ0v) is 29.1. The van der Waals surface area contributed by atoms with E-state index in [1.807, 2.05) is 59.7 Å². The van der Waals surface area contributed by atoms with E-state index in [0.29, 0.717) is 24.5 Å². The smallest absolute Gasteiger partial charge is 0.338 e. The number of fused-ring (bicyclic) bond motifs is 1. The lowest BCUT2D eigenvalue weighted by Gasteiger charge is -2.34. The maximum atomic E-state index is 13.4. The van der Waals surface area contributed by atoms with Gasteiger partial charge in [-0.05, 0) is 108 Å². The number of ether oxygens (including phenoxy) is 6. The summed E-state index contributed by atoms with van der Waals surface area (Å²) in [5.41, 5.74) is 1.81. The molecule has 0 fully saturated rings. The lowest BCUT2D eigenvalue weighted by Crippen LogP contribution is -2.46. The molecule has 1 aliphatic rings. The summed E-state index contributed by atoms with van der Waals surface area (Å²) in [7, 11) is 6.24. The number of carbonyl (C=O) groups excluding carboxylic acids is 2. The van der Waals surface area contributed by atoms with Crippen molar-refractivity contribution in [1.29, 1.82) is 0 Å². The average Bonchev–Trinajstić information content (AvgIpc) is 2.95. The zero-order valence-electron chi connectivity index (χ0n) is 29.1. The van der Waals surface area contributed by atoms with Crippen LogP contribution in [0.1, 0.15) is 83.2 Å². The van der Waals surface area contributed by atoms with E-state index in [1.54, 1.807) is 28.1 Å². The van der Waals surface area contributed by atoms with Crippen LogP contribution in [0.15, 0.2) is 35.3 Å². The molecule has 1 heterocycles. The minimum absolute atomic E-state index is 0.207. The van der Waals surface area contributed by atoms with Gasteiger partial charge in [-0.25, -0.2) is 9.59 Å². The van der Waals surface area contributed by atoms with Crippen LogP contribution < -0.4 is 9.47 Å². The third kappa shape index (κ3) is 9.07. The number of aliphatic imine (C=N–C) groups is 1. The first kappa shape index (κ1) is 36.0. The van der Waals surface area contributed by atoms with Gasteiger partial charge < -0.3 is 28.4 Å². The Hall–Kier alpha value is -3.43. The van der Waals surface area contributed by atoms with Gasteiger partial charge in [0.15, 0.2) is 22.7 Å². The molecule has 9 heteroatoms. The maximum Gasteiger partial charge on any atom is 0.338 e. The zero-order chi connectivity index (χ0) is 33.8. The van der Waals surface area contributed by atoms with Gasteiger partial charge in [0, 0.05) is 45.7 Å². The van der Waals surface area contributed by atoms with E-state index < -0.39 is 34.3 Å². The third-order valence-electron chi connectivity index (χ3n) is 7.86. The Morgan fingerprint density at radius 1 is 0.711 bits per heavy atom. The van der Waals surface area contributed by atoms with E-state index in [4.69, 9.17) is 33.4 Å². The number of methoxy groups -OCH3 is 4. The van der Waals surface area contributed by atoms with Crippen LogP contribution in [-0.4, -0.2) is 75.0 Å². The molecule has 0 bridgehead atoms. The third-order valence-corrected chi connectivity index (χ3v) is 7.86. The van der Waals surface area contributed by atoms with Crippen LogP contribution in [0.2, 0.25) is 0 Å². The molecule has 2 aromatic carbocycles. The molecule has 0 N–H and O–H groups in total. The molecule has 1 aliphatic heterocycles. The summed E-state index contributed by atoms with van der Waals surface area (Å²) in [5, 5.41) is 0. The number of carbonyl (C=O) groups is 2. The monoisotopic (exact) mass is 625 g/mol. The molecule has 0 aromatic heterocycles. The van der Waals surface area contributed by atoms with Gasteiger partial charge in [-0.15, -0.1) is 0 Å². The molecule has 2 unspecified atom stereocenters. The van der Waals surface area contributed by atoms with Crippen LogP contribution in [0.5, 0.6) is 11.5 Å². The van der Waals surface area contributed by atoms with Crippen molar-refractivity contribution in [2.75, 3.05) is 35.0 Å². The lowest BCUT2D eigenvalue weighted by molar-refractivity contribution is -0.179.